The Hall–Kier alpha value is -4.92. The standard InChI is InChI=1S/C15H20N2O6.C15H22N2O4.CH4O.CH4/c1-9(10-5-7-11(8-6-10)17(21)22)12(13(18)19)16-14(20)23-15(2,3)4;1-9(10-5-7-11(16)8-6-10)12(13(18)19)17-14(20)21-15(2,3)4;1-2;/h5-9,12H,1-4H3,(H,16,20)(H,18,19);5-9,12H,16H2,1-4H3,(H,17,20)(H,18,19);2H,1H3;1H4/t2*9-,12+;;/m00../s1. The predicted molar refractivity (Wildman–Crippen MR) is 177 cm³/mol. The molecule has 2 aromatic rings. The van der Waals surface area contributed by atoms with Gasteiger partial charge in [-0.2, -0.15) is 0 Å². The number of benzene rings is 2. The van der Waals surface area contributed by atoms with E-state index in [2.05, 4.69) is 10.6 Å². The molecule has 2 aromatic carbocycles. The number of ether oxygens (including phenoxy) is 2. The van der Waals surface area contributed by atoms with Crippen LogP contribution in [0.1, 0.15) is 85.8 Å². The van der Waals surface area contributed by atoms with Crippen LogP contribution in [0.4, 0.5) is 21.0 Å². The number of aliphatic hydroxyl groups excluding tert-OH is 1. The zero-order chi connectivity index (χ0) is 36.0. The van der Waals surface area contributed by atoms with Crippen molar-refractivity contribution >= 4 is 35.5 Å². The number of amides is 2. The largest absolute Gasteiger partial charge is 0.480 e. The van der Waals surface area contributed by atoms with E-state index in [0.717, 1.165) is 12.7 Å². The lowest BCUT2D eigenvalue weighted by molar-refractivity contribution is -0.384. The number of nitrogen functional groups attached to an aromatic ring is 1. The summed E-state index contributed by atoms with van der Waals surface area (Å²) in [4.78, 5) is 56.4. The Labute approximate surface area is 275 Å². The van der Waals surface area contributed by atoms with Gasteiger partial charge in [-0.1, -0.05) is 45.5 Å². The van der Waals surface area contributed by atoms with Crippen LogP contribution in [0, 0.1) is 10.1 Å². The topological polar surface area (TPSA) is 241 Å². The number of hydrogen-bond donors (Lipinski definition) is 6. The second-order valence-corrected chi connectivity index (χ2v) is 12.0. The van der Waals surface area contributed by atoms with Crippen molar-refractivity contribution in [3.8, 4) is 0 Å². The highest BCUT2D eigenvalue weighted by molar-refractivity contribution is 5.82. The van der Waals surface area contributed by atoms with Crippen LogP contribution in [0.5, 0.6) is 0 Å². The highest BCUT2D eigenvalue weighted by Crippen LogP contribution is 2.23. The zero-order valence-electron chi connectivity index (χ0n) is 27.6. The number of hydrogen-bond acceptors (Lipinski definition) is 10. The van der Waals surface area contributed by atoms with Crippen molar-refractivity contribution < 1.29 is 48.9 Å². The van der Waals surface area contributed by atoms with Crippen molar-refractivity contribution in [3.63, 3.8) is 0 Å². The average Bonchev–Trinajstić information content (AvgIpc) is 2.93. The Morgan fingerprint density at radius 1 is 0.723 bits per heavy atom. The minimum Gasteiger partial charge on any atom is -0.480 e. The average molecular weight is 667 g/mol. The molecule has 0 aliphatic rings. The van der Waals surface area contributed by atoms with Gasteiger partial charge in [0.05, 0.1) is 4.92 Å². The molecule has 4 atom stereocenters. The van der Waals surface area contributed by atoms with Gasteiger partial charge in [-0.05, 0) is 64.8 Å². The number of carboxylic acid groups (broad SMARTS) is 2. The normalized spacial score (nSPS) is 13.1. The van der Waals surface area contributed by atoms with Crippen LogP contribution in [0.2, 0.25) is 0 Å². The van der Waals surface area contributed by atoms with E-state index in [1.54, 1.807) is 79.7 Å². The first-order valence-electron chi connectivity index (χ1n) is 14.1. The first-order valence-corrected chi connectivity index (χ1v) is 14.1. The Morgan fingerprint density at radius 2 is 1.02 bits per heavy atom. The predicted octanol–water partition coefficient (Wildman–Crippen LogP) is 5.27. The molecule has 0 aromatic heterocycles. The number of nitro benzene ring substituents is 1. The van der Waals surface area contributed by atoms with Crippen LogP contribution < -0.4 is 16.4 Å². The molecule has 0 spiro atoms. The molecule has 0 bridgehead atoms. The molecule has 0 saturated carbocycles. The van der Waals surface area contributed by atoms with E-state index in [4.69, 9.17) is 20.3 Å². The lowest BCUT2D eigenvalue weighted by atomic mass is 9.93. The first kappa shape index (κ1) is 44.2. The number of nitrogens with zero attached hydrogens (tertiary/aromatic N) is 1. The third-order valence-corrected chi connectivity index (χ3v) is 5.97. The highest BCUT2D eigenvalue weighted by Gasteiger charge is 2.31. The number of rotatable bonds is 9. The molecule has 7 N–H and O–H groups in total. The molecule has 0 unspecified atom stereocenters. The number of carbonyl (C=O) groups is 4. The van der Waals surface area contributed by atoms with E-state index in [0.29, 0.717) is 11.3 Å². The Bertz CT molecular complexity index is 1300. The number of carboxylic acids is 2. The molecular formula is C32H50N4O11. The molecule has 0 saturated heterocycles. The van der Waals surface area contributed by atoms with E-state index >= 15 is 0 Å². The maximum atomic E-state index is 11.8. The number of carbonyl (C=O) groups excluding carboxylic acids is 2. The molecule has 15 nitrogen and oxygen atoms in total. The molecule has 0 radical (unpaired) electrons. The van der Waals surface area contributed by atoms with Gasteiger partial charge in [0.1, 0.15) is 23.3 Å². The summed E-state index contributed by atoms with van der Waals surface area (Å²) in [6.45, 7) is 13.5. The summed E-state index contributed by atoms with van der Waals surface area (Å²) in [7, 11) is 1.00. The van der Waals surface area contributed by atoms with Crippen molar-refractivity contribution in [2.24, 2.45) is 0 Å². The Balaban J connectivity index is 0. The second kappa shape index (κ2) is 19.6. The van der Waals surface area contributed by atoms with Gasteiger partial charge in [-0.15, -0.1) is 0 Å². The van der Waals surface area contributed by atoms with E-state index in [9.17, 15) is 39.5 Å². The van der Waals surface area contributed by atoms with Gasteiger partial charge >= 0.3 is 24.1 Å². The van der Waals surface area contributed by atoms with Crippen LogP contribution in [-0.4, -0.2) is 74.8 Å². The van der Waals surface area contributed by atoms with Gasteiger partial charge in [-0.25, -0.2) is 19.2 Å². The first-order chi connectivity index (χ1) is 21.1. The second-order valence-electron chi connectivity index (χ2n) is 12.0. The molecule has 0 aliphatic carbocycles. The van der Waals surface area contributed by atoms with E-state index < -0.39 is 64.2 Å². The maximum Gasteiger partial charge on any atom is 0.408 e. The lowest BCUT2D eigenvalue weighted by Crippen LogP contribution is -2.46. The van der Waals surface area contributed by atoms with E-state index in [-0.39, 0.29) is 13.1 Å². The van der Waals surface area contributed by atoms with Crippen molar-refractivity contribution in [2.75, 3.05) is 12.8 Å². The zero-order valence-corrected chi connectivity index (χ0v) is 27.6. The summed E-state index contributed by atoms with van der Waals surface area (Å²) < 4.78 is 10.1. The van der Waals surface area contributed by atoms with Gasteiger partial charge < -0.3 is 41.2 Å². The van der Waals surface area contributed by atoms with Gasteiger partial charge in [-0.3, -0.25) is 10.1 Å². The number of nitrogens with two attached hydrogens (primary N) is 1. The SMILES string of the molecule is C.CO.C[C@@H](c1ccc(N)cc1)[C@@H](NC(=O)OC(C)(C)C)C(=O)O.C[C@@H](c1ccc([N+](=O)[O-])cc1)[C@@H](NC(=O)OC(C)(C)C)C(=O)O. The van der Waals surface area contributed by atoms with Gasteiger partial charge in [0, 0.05) is 36.8 Å². The minimum absolute atomic E-state index is 0. The molecule has 2 rings (SSSR count). The minimum atomic E-state index is -1.22. The summed E-state index contributed by atoms with van der Waals surface area (Å²) in [6.07, 6.45) is -1.59. The number of nitrogens with one attached hydrogen (secondary N) is 2. The van der Waals surface area contributed by atoms with Crippen LogP contribution in [0.25, 0.3) is 0 Å². The third kappa shape index (κ3) is 16.8. The number of nitro groups is 1. The number of aliphatic hydroxyl groups is 1. The molecule has 15 heteroatoms. The van der Waals surface area contributed by atoms with Gasteiger partial charge in [0.25, 0.3) is 5.69 Å². The summed E-state index contributed by atoms with van der Waals surface area (Å²) in [5.41, 5.74) is 6.01. The fourth-order valence-electron chi connectivity index (χ4n) is 3.75. The monoisotopic (exact) mass is 666 g/mol. The maximum absolute atomic E-state index is 11.8. The molecule has 47 heavy (non-hydrogen) atoms. The van der Waals surface area contributed by atoms with E-state index in [1.807, 2.05) is 0 Å². The lowest BCUT2D eigenvalue weighted by Gasteiger charge is -2.25. The quantitative estimate of drug-likeness (QED) is 0.114. The molecule has 264 valence electrons. The van der Waals surface area contributed by atoms with E-state index in [1.165, 1.54) is 24.3 Å². The van der Waals surface area contributed by atoms with Gasteiger partial charge in [0.2, 0.25) is 0 Å². The molecule has 0 heterocycles. The summed E-state index contributed by atoms with van der Waals surface area (Å²) in [5, 5.41) is 41.0. The number of non-ortho nitro benzene ring substituents is 1. The number of aliphatic carboxylic acids is 2. The fraction of sp³-hybridized carbons (Fsp3) is 0.500. The van der Waals surface area contributed by atoms with Crippen LogP contribution >= 0.6 is 0 Å². The van der Waals surface area contributed by atoms with Crippen molar-refractivity contribution in [2.45, 2.75) is 97.9 Å². The van der Waals surface area contributed by atoms with Crippen LogP contribution in [-0.2, 0) is 19.1 Å². The van der Waals surface area contributed by atoms with Crippen LogP contribution in [0.15, 0.2) is 48.5 Å². The number of alkyl carbamates (subject to hydrolysis) is 2. The molecular weight excluding hydrogens is 616 g/mol. The van der Waals surface area contributed by atoms with Crippen LogP contribution in [0.3, 0.4) is 0 Å². The molecule has 2 amide bonds. The van der Waals surface area contributed by atoms with Gasteiger partial charge in [0.15, 0.2) is 0 Å². The Morgan fingerprint density at radius 3 is 1.28 bits per heavy atom. The fourth-order valence-corrected chi connectivity index (χ4v) is 3.75. The van der Waals surface area contributed by atoms with Crippen molar-refractivity contribution in [1.82, 2.24) is 10.6 Å². The smallest absolute Gasteiger partial charge is 0.408 e. The number of anilines is 1. The summed E-state index contributed by atoms with van der Waals surface area (Å²) in [6, 6.07) is 10.1. The highest BCUT2D eigenvalue weighted by atomic mass is 16.6. The summed E-state index contributed by atoms with van der Waals surface area (Å²) in [5.74, 6) is -3.36. The molecule has 0 aliphatic heterocycles. The van der Waals surface area contributed by atoms with Crippen molar-refractivity contribution in [3.05, 3.63) is 69.8 Å². The molecule has 0 fully saturated rings. The third-order valence-electron chi connectivity index (χ3n) is 5.97. The summed E-state index contributed by atoms with van der Waals surface area (Å²) >= 11 is 0. The Kier molecular flexibility index (Phi) is 18.4. The van der Waals surface area contributed by atoms with Crippen molar-refractivity contribution in [1.29, 1.82) is 0 Å².